The minimum absolute atomic E-state index is 0.166. The van der Waals surface area contributed by atoms with E-state index in [0.717, 1.165) is 25.1 Å². The molecule has 1 aromatic carbocycles. The molecule has 2 heterocycles. The fourth-order valence-corrected chi connectivity index (χ4v) is 5.34. The largest absolute Gasteiger partial charge is 0.490 e. The zero-order valence-corrected chi connectivity index (χ0v) is 17.7. The molecule has 6 nitrogen and oxygen atoms in total. The van der Waals surface area contributed by atoms with Crippen LogP contribution >= 0.6 is 0 Å². The molecule has 0 amide bonds. The molecule has 0 atom stereocenters. The number of sulfonamides is 1. The van der Waals surface area contributed by atoms with Crippen LogP contribution in [0.5, 0.6) is 5.75 Å². The minimum atomic E-state index is -3.48. The van der Waals surface area contributed by atoms with Gasteiger partial charge in [0.25, 0.3) is 0 Å². The Hall–Kier alpha value is -1.96. The van der Waals surface area contributed by atoms with Gasteiger partial charge in [-0.2, -0.15) is 0 Å². The van der Waals surface area contributed by atoms with E-state index in [2.05, 4.69) is 34.1 Å². The van der Waals surface area contributed by atoms with E-state index < -0.39 is 10.0 Å². The summed E-state index contributed by atoms with van der Waals surface area (Å²) < 4.78 is 32.7. The molecule has 156 valence electrons. The minimum Gasteiger partial charge on any atom is -0.490 e. The third-order valence-electron chi connectivity index (χ3n) is 5.88. The van der Waals surface area contributed by atoms with E-state index in [4.69, 9.17) is 4.74 Å². The second-order valence-corrected chi connectivity index (χ2v) is 10.2. The van der Waals surface area contributed by atoms with Gasteiger partial charge in [-0.1, -0.05) is 12.1 Å². The van der Waals surface area contributed by atoms with Crippen molar-refractivity contribution in [3.8, 4) is 5.75 Å². The molecule has 1 aliphatic carbocycles. The Morgan fingerprint density at radius 3 is 2.52 bits per heavy atom. The van der Waals surface area contributed by atoms with Crippen LogP contribution in [0.3, 0.4) is 0 Å². The molecule has 7 heteroatoms. The summed E-state index contributed by atoms with van der Waals surface area (Å²) in [6, 6.07) is 11.6. The number of ether oxygens (including phenoxy) is 1. The number of rotatable bonds is 8. The molecule has 29 heavy (non-hydrogen) atoms. The summed E-state index contributed by atoms with van der Waals surface area (Å²) in [6.45, 7) is 3.93. The van der Waals surface area contributed by atoms with Gasteiger partial charge in [-0.15, -0.1) is 0 Å². The third kappa shape index (κ3) is 4.97. The van der Waals surface area contributed by atoms with Gasteiger partial charge in [0.15, 0.2) is 0 Å². The van der Waals surface area contributed by atoms with E-state index in [1.165, 1.54) is 42.0 Å². The predicted molar refractivity (Wildman–Crippen MR) is 112 cm³/mol. The summed E-state index contributed by atoms with van der Waals surface area (Å²) in [6.07, 6.45) is 7.51. The first kappa shape index (κ1) is 20.3. The molecular formula is C22H29N3O3S. The standard InChI is InChI=1S/C22H29N3O3S/c1-24(29(26,27)22-5-4-10-23-15-22)16-19-13-21(14-19)28-20-8-6-18(7-9-20)17-25-11-2-3-12-25/h4-10,15,19,21H,2-3,11-14,16-17H2,1H3. The average molecular weight is 416 g/mol. The second-order valence-electron chi connectivity index (χ2n) is 8.18. The lowest BCUT2D eigenvalue weighted by atomic mass is 9.82. The summed E-state index contributed by atoms with van der Waals surface area (Å²) in [5, 5.41) is 0. The van der Waals surface area contributed by atoms with Gasteiger partial charge in [0, 0.05) is 32.5 Å². The lowest BCUT2D eigenvalue weighted by molar-refractivity contribution is 0.0575. The maximum absolute atomic E-state index is 12.6. The van der Waals surface area contributed by atoms with Crippen LogP contribution in [0.25, 0.3) is 0 Å². The lowest BCUT2D eigenvalue weighted by Crippen LogP contribution is -2.41. The summed E-state index contributed by atoms with van der Waals surface area (Å²) in [5.74, 6) is 1.22. The van der Waals surface area contributed by atoms with Gasteiger partial charge in [-0.3, -0.25) is 9.88 Å². The van der Waals surface area contributed by atoms with Gasteiger partial charge in [0.1, 0.15) is 10.6 Å². The van der Waals surface area contributed by atoms with Crippen molar-refractivity contribution in [1.29, 1.82) is 0 Å². The first-order chi connectivity index (χ1) is 14.0. The second kappa shape index (κ2) is 8.81. The quantitative estimate of drug-likeness (QED) is 0.663. The smallest absolute Gasteiger partial charge is 0.244 e. The normalized spacial score (nSPS) is 22.6. The molecule has 2 aromatic rings. The van der Waals surface area contributed by atoms with Crippen LogP contribution < -0.4 is 4.74 Å². The van der Waals surface area contributed by atoms with Crippen molar-refractivity contribution >= 4 is 10.0 Å². The van der Waals surface area contributed by atoms with Crippen molar-refractivity contribution in [3.63, 3.8) is 0 Å². The van der Waals surface area contributed by atoms with Crippen molar-refractivity contribution < 1.29 is 13.2 Å². The molecule has 0 spiro atoms. The highest BCUT2D eigenvalue weighted by Crippen LogP contribution is 2.33. The van der Waals surface area contributed by atoms with Gasteiger partial charge in [0.05, 0.1) is 6.10 Å². The number of nitrogens with zero attached hydrogens (tertiary/aromatic N) is 3. The fourth-order valence-electron chi connectivity index (χ4n) is 4.13. The van der Waals surface area contributed by atoms with Crippen LogP contribution in [0, 0.1) is 5.92 Å². The van der Waals surface area contributed by atoms with Crippen LogP contribution in [-0.4, -0.2) is 55.4 Å². The van der Waals surface area contributed by atoms with Gasteiger partial charge < -0.3 is 4.74 Å². The zero-order valence-electron chi connectivity index (χ0n) is 16.9. The molecule has 1 saturated carbocycles. The molecule has 0 bridgehead atoms. The molecule has 0 radical (unpaired) electrons. The summed E-state index contributed by atoms with van der Waals surface area (Å²) in [4.78, 5) is 6.64. The average Bonchev–Trinajstić information content (AvgIpc) is 3.21. The first-order valence-corrected chi connectivity index (χ1v) is 11.8. The third-order valence-corrected chi connectivity index (χ3v) is 7.69. The Kier molecular flexibility index (Phi) is 6.18. The summed E-state index contributed by atoms with van der Waals surface area (Å²) in [7, 11) is -1.84. The van der Waals surface area contributed by atoms with Gasteiger partial charge in [-0.05, 0) is 74.5 Å². The Balaban J connectivity index is 1.23. The van der Waals surface area contributed by atoms with E-state index >= 15 is 0 Å². The predicted octanol–water partition coefficient (Wildman–Crippen LogP) is 3.16. The van der Waals surface area contributed by atoms with Crippen molar-refractivity contribution in [1.82, 2.24) is 14.2 Å². The SMILES string of the molecule is CN(CC1CC(Oc2ccc(CN3CCCC3)cc2)C1)S(=O)(=O)c1cccnc1. The van der Waals surface area contributed by atoms with Crippen LogP contribution in [0.2, 0.25) is 0 Å². The molecule has 1 aromatic heterocycles. The fraction of sp³-hybridized carbons (Fsp3) is 0.500. The lowest BCUT2D eigenvalue weighted by Gasteiger charge is -2.37. The molecule has 0 N–H and O–H groups in total. The molecule has 2 aliphatic rings. The Morgan fingerprint density at radius 2 is 1.86 bits per heavy atom. The Labute approximate surface area is 173 Å². The topological polar surface area (TPSA) is 62.7 Å². The maximum atomic E-state index is 12.6. The Bertz CT molecular complexity index is 891. The van der Waals surface area contributed by atoms with Crippen LogP contribution in [0.4, 0.5) is 0 Å². The van der Waals surface area contributed by atoms with Crippen LogP contribution in [0.1, 0.15) is 31.2 Å². The highest BCUT2D eigenvalue weighted by atomic mass is 32.2. The maximum Gasteiger partial charge on any atom is 0.244 e. The number of benzene rings is 1. The number of aromatic nitrogens is 1. The van der Waals surface area contributed by atoms with Gasteiger partial charge in [-0.25, -0.2) is 12.7 Å². The molecule has 2 fully saturated rings. The molecule has 0 unspecified atom stereocenters. The Morgan fingerprint density at radius 1 is 1.14 bits per heavy atom. The van der Waals surface area contributed by atoms with E-state index in [-0.39, 0.29) is 11.0 Å². The van der Waals surface area contributed by atoms with Crippen molar-refractivity contribution in [2.45, 2.75) is 43.2 Å². The van der Waals surface area contributed by atoms with Crippen molar-refractivity contribution in [2.75, 3.05) is 26.7 Å². The van der Waals surface area contributed by atoms with Crippen molar-refractivity contribution in [2.24, 2.45) is 5.92 Å². The highest BCUT2D eigenvalue weighted by Gasteiger charge is 2.34. The zero-order chi connectivity index (χ0) is 20.3. The van der Waals surface area contributed by atoms with Gasteiger partial charge >= 0.3 is 0 Å². The number of hydrogen-bond acceptors (Lipinski definition) is 5. The monoisotopic (exact) mass is 415 g/mol. The molecule has 1 saturated heterocycles. The molecule has 4 rings (SSSR count). The first-order valence-electron chi connectivity index (χ1n) is 10.3. The molecular weight excluding hydrogens is 386 g/mol. The summed E-state index contributed by atoms with van der Waals surface area (Å²) >= 11 is 0. The molecule has 1 aliphatic heterocycles. The highest BCUT2D eigenvalue weighted by molar-refractivity contribution is 7.89. The number of pyridine rings is 1. The van der Waals surface area contributed by atoms with Crippen molar-refractivity contribution in [3.05, 3.63) is 54.4 Å². The van der Waals surface area contributed by atoms with Crippen LogP contribution in [-0.2, 0) is 16.6 Å². The van der Waals surface area contributed by atoms with Gasteiger partial charge in [0.2, 0.25) is 10.0 Å². The van der Waals surface area contributed by atoms with E-state index in [1.54, 1.807) is 25.4 Å². The van der Waals surface area contributed by atoms with E-state index in [9.17, 15) is 8.42 Å². The van der Waals surface area contributed by atoms with E-state index in [1.807, 2.05) is 0 Å². The number of hydrogen-bond donors (Lipinski definition) is 0. The van der Waals surface area contributed by atoms with Crippen LogP contribution in [0.15, 0.2) is 53.7 Å². The van der Waals surface area contributed by atoms with E-state index in [0.29, 0.717) is 12.5 Å². The summed E-state index contributed by atoms with van der Waals surface area (Å²) in [5.41, 5.74) is 1.33. The number of likely N-dealkylation sites (tertiary alicyclic amines) is 1.